The summed E-state index contributed by atoms with van der Waals surface area (Å²) >= 11 is 3.61. The number of nitrogens with one attached hydrogen (secondary N) is 1. The SMILES string of the molecule is CCCNCc1cc(COc2ccc(SC)cc2)c(C)s1. The quantitative estimate of drug-likeness (QED) is 0.554. The van der Waals surface area contributed by atoms with Crippen LogP contribution in [0.5, 0.6) is 5.75 Å². The molecule has 4 heteroatoms. The molecule has 114 valence electrons. The lowest BCUT2D eigenvalue weighted by Gasteiger charge is -2.06. The van der Waals surface area contributed by atoms with Gasteiger partial charge in [-0.2, -0.15) is 0 Å². The first-order chi connectivity index (χ1) is 10.2. The van der Waals surface area contributed by atoms with Crippen molar-refractivity contribution < 1.29 is 4.74 Å². The Morgan fingerprint density at radius 2 is 2.00 bits per heavy atom. The van der Waals surface area contributed by atoms with Crippen LogP contribution < -0.4 is 10.1 Å². The highest BCUT2D eigenvalue weighted by molar-refractivity contribution is 7.98. The summed E-state index contributed by atoms with van der Waals surface area (Å²) in [5.41, 5.74) is 1.29. The van der Waals surface area contributed by atoms with Crippen LogP contribution >= 0.6 is 23.1 Å². The van der Waals surface area contributed by atoms with Gasteiger partial charge in [0, 0.05) is 26.8 Å². The normalized spacial score (nSPS) is 10.8. The number of hydrogen-bond donors (Lipinski definition) is 1. The fraction of sp³-hybridized carbons (Fsp3) is 0.412. The van der Waals surface area contributed by atoms with E-state index in [-0.39, 0.29) is 0 Å². The summed E-state index contributed by atoms with van der Waals surface area (Å²) in [6.45, 7) is 7.04. The zero-order chi connectivity index (χ0) is 15.1. The van der Waals surface area contributed by atoms with E-state index in [2.05, 4.69) is 43.6 Å². The minimum Gasteiger partial charge on any atom is -0.489 e. The minimum atomic E-state index is 0.648. The Labute approximate surface area is 135 Å². The van der Waals surface area contributed by atoms with E-state index in [1.165, 1.54) is 26.6 Å². The van der Waals surface area contributed by atoms with Crippen LogP contribution in [0, 0.1) is 6.92 Å². The zero-order valence-electron chi connectivity index (χ0n) is 12.9. The van der Waals surface area contributed by atoms with E-state index in [9.17, 15) is 0 Å². The molecular weight excluding hydrogens is 298 g/mol. The molecule has 0 amide bonds. The molecule has 0 bridgehead atoms. The first-order valence-electron chi connectivity index (χ1n) is 7.28. The van der Waals surface area contributed by atoms with Gasteiger partial charge in [-0.25, -0.2) is 0 Å². The van der Waals surface area contributed by atoms with Crippen molar-refractivity contribution in [3.05, 3.63) is 45.6 Å². The van der Waals surface area contributed by atoms with Crippen LogP contribution in [0.1, 0.15) is 28.7 Å². The highest BCUT2D eigenvalue weighted by atomic mass is 32.2. The van der Waals surface area contributed by atoms with E-state index in [0.29, 0.717) is 6.61 Å². The van der Waals surface area contributed by atoms with Crippen LogP contribution in [0.3, 0.4) is 0 Å². The molecule has 1 heterocycles. The monoisotopic (exact) mass is 321 g/mol. The van der Waals surface area contributed by atoms with Gasteiger partial charge in [-0.15, -0.1) is 23.1 Å². The van der Waals surface area contributed by atoms with Gasteiger partial charge in [0.25, 0.3) is 0 Å². The number of thioether (sulfide) groups is 1. The maximum Gasteiger partial charge on any atom is 0.119 e. The molecule has 0 atom stereocenters. The molecule has 2 nitrogen and oxygen atoms in total. The van der Waals surface area contributed by atoms with Crippen LogP contribution in [-0.2, 0) is 13.2 Å². The second-order valence-electron chi connectivity index (χ2n) is 4.94. The maximum absolute atomic E-state index is 5.89. The van der Waals surface area contributed by atoms with E-state index in [1.807, 2.05) is 23.5 Å². The third kappa shape index (κ3) is 5.06. The van der Waals surface area contributed by atoms with Gasteiger partial charge in [0.2, 0.25) is 0 Å². The Bertz CT molecular complexity index is 548. The number of thiophene rings is 1. The van der Waals surface area contributed by atoms with Crippen molar-refractivity contribution in [2.24, 2.45) is 0 Å². The average Bonchev–Trinajstić information content (AvgIpc) is 2.86. The molecule has 0 radical (unpaired) electrons. The van der Waals surface area contributed by atoms with Gasteiger partial charge in [-0.05, 0) is 56.5 Å². The van der Waals surface area contributed by atoms with E-state index in [4.69, 9.17) is 4.74 Å². The van der Waals surface area contributed by atoms with Gasteiger partial charge in [0.1, 0.15) is 12.4 Å². The van der Waals surface area contributed by atoms with Gasteiger partial charge in [-0.1, -0.05) is 6.92 Å². The zero-order valence-corrected chi connectivity index (χ0v) is 14.6. The lowest BCUT2D eigenvalue weighted by Crippen LogP contribution is -2.12. The third-order valence-corrected chi connectivity index (χ3v) is 5.09. The average molecular weight is 322 g/mol. The van der Waals surface area contributed by atoms with Crippen molar-refractivity contribution >= 4 is 23.1 Å². The Kier molecular flexibility index (Phi) is 6.61. The summed E-state index contributed by atoms with van der Waals surface area (Å²) in [5.74, 6) is 0.934. The Balaban J connectivity index is 1.89. The van der Waals surface area contributed by atoms with E-state index in [0.717, 1.165) is 18.8 Å². The number of hydrogen-bond acceptors (Lipinski definition) is 4. The second kappa shape index (κ2) is 8.47. The third-order valence-electron chi connectivity index (χ3n) is 3.25. The highest BCUT2D eigenvalue weighted by Gasteiger charge is 2.06. The van der Waals surface area contributed by atoms with E-state index in [1.54, 1.807) is 11.8 Å². The van der Waals surface area contributed by atoms with E-state index < -0.39 is 0 Å². The van der Waals surface area contributed by atoms with E-state index >= 15 is 0 Å². The smallest absolute Gasteiger partial charge is 0.119 e. The molecule has 0 aliphatic heterocycles. The summed E-state index contributed by atoms with van der Waals surface area (Å²) in [6, 6.07) is 10.5. The molecule has 1 N–H and O–H groups in total. The number of ether oxygens (including phenoxy) is 1. The van der Waals surface area contributed by atoms with Crippen molar-refractivity contribution in [3.63, 3.8) is 0 Å². The Morgan fingerprint density at radius 1 is 1.24 bits per heavy atom. The molecule has 0 spiro atoms. The predicted molar refractivity (Wildman–Crippen MR) is 93.6 cm³/mol. The summed E-state index contributed by atoms with van der Waals surface area (Å²) in [6.07, 6.45) is 3.26. The van der Waals surface area contributed by atoms with Crippen LogP contribution in [0.2, 0.25) is 0 Å². The number of rotatable bonds is 8. The largest absolute Gasteiger partial charge is 0.489 e. The van der Waals surface area contributed by atoms with Crippen molar-refractivity contribution in [2.45, 2.75) is 38.3 Å². The van der Waals surface area contributed by atoms with Crippen molar-refractivity contribution in [1.82, 2.24) is 5.32 Å². The molecule has 0 fully saturated rings. The fourth-order valence-corrected chi connectivity index (χ4v) is 3.47. The molecule has 1 aromatic heterocycles. The van der Waals surface area contributed by atoms with Gasteiger partial charge in [0.15, 0.2) is 0 Å². The lowest BCUT2D eigenvalue weighted by molar-refractivity contribution is 0.306. The number of aryl methyl sites for hydroxylation is 1. The Morgan fingerprint density at radius 3 is 2.67 bits per heavy atom. The van der Waals surface area contributed by atoms with Gasteiger partial charge in [-0.3, -0.25) is 0 Å². The fourth-order valence-electron chi connectivity index (χ4n) is 2.04. The highest BCUT2D eigenvalue weighted by Crippen LogP contribution is 2.24. The molecule has 0 aliphatic carbocycles. The summed E-state index contributed by atoms with van der Waals surface area (Å²) < 4.78 is 5.89. The van der Waals surface area contributed by atoms with Crippen LogP contribution in [0.15, 0.2) is 35.2 Å². The molecule has 0 saturated carbocycles. The van der Waals surface area contributed by atoms with Crippen LogP contribution in [0.4, 0.5) is 0 Å². The molecule has 0 aliphatic rings. The summed E-state index contributed by atoms with van der Waals surface area (Å²) in [5, 5.41) is 3.45. The molecule has 0 unspecified atom stereocenters. The van der Waals surface area contributed by atoms with Gasteiger partial charge >= 0.3 is 0 Å². The molecule has 2 aromatic rings. The molecular formula is C17H23NOS2. The molecule has 0 saturated heterocycles. The number of benzene rings is 1. The van der Waals surface area contributed by atoms with Crippen molar-refractivity contribution in [1.29, 1.82) is 0 Å². The predicted octanol–water partition coefficient (Wildman–Crippen LogP) is 4.86. The maximum atomic E-state index is 5.89. The van der Waals surface area contributed by atoms with Crippen LogP contribution in [-0.4, -0.2) is 12.8 Å². The standard InChI is InChI=1S/C17H23NOS2/c1-4-9-18-11-17-10-14(13(2)21-17)12-19-15-5-7-16(20-3)8-6-15/h5-8,10,18H,4,9,11-12H2,1-3H3. The minimum absolute atomic E-state index is 0.648. The summed E-state index contributed by atoms with van der Waals surface area (Å²) in [7, 11) is 0. The molecule has 1 aromatic carbocycles. The topological polar surface area (TPSA) is 21.3 Å². The molecule has 21 heavy (non-hydrogen) atoms. The van der Waals surface area contributed by atoms with Gasteiger partial charge < -0.3 is 10.1 Å². The van der Waals surface area contributed by atoms with Gasteiger partial charge in [0.05, 0.1) is 0 Å². The summed E-state index contributed by atoms with van der Waals surface area (Å²) in [4.78, 5) is 4.00. The lowest BCUT2D eigenvalue weighted by atomic mass is 10.2. The Hall–Kier alpha value is -0.970. The van der Waals surface area contributed by atoms with Crippen LogP contribution in [0.25, 0.3) is 0 Å². The van der Waals surface area contributed by atoms with Crippen molar-refractivity contribution in [3.8, 4) is 5.75 Å². The van der Waals surface area contributed by atoms with Crippen molar-refractivity contribution in [2.75, 3.05) is 12.8 Å². The molecule has 2 rings (SSSR count). The first kappa shape index (κ1) is 16.4. The second-order valence-corrected chi connectivity index (χ2v) is 7.16. The first-order valence-corrected chi connectivity index (χ1v) is 9.32.